The van der Waals surface area contributed by atoms with E-state index in [1.807, 2.05) is 36.4 Å². The molecular formula is C31H27N5S. The number of aromatic nitrogens is 1. The minimum Gasteiger partial charge on any atom is -0.396 e. The quantitative estimate of drug-likeness (QED) is 0.177. The fourth-order valence-electron chi connectivity index (χ4n) is 4.66. The molecule has 4 aromatic carbocycles. The molecule has 0 spiro atoms. The van der Waals surface area contributed by atoms with Gasteiger partial charge in [-0.3, -0.25) is 4.98 Å². The van der Waals surface area contributed by atoms with Crippen molar-refractivity contribution in [2.24, 2.45) is 10.2 Å². The fourth-order valence-corrected chi connectivity index (χ4v) is 5.89. The summed E-state index contributed by atoms with van der Waals surface area (Å²) < 4.78 is 2.53. The van der Waals surface area contributed by atoms with E-state index >= 15 is 0 Å². The van der Waals surface area contributed by atoms with Gasteiger partial charge in [0.05, 0.1) is 17.6 Å². The summed E-state index contributed by atoms with van der Waals surface area (Å²) in [5, 5.41) is 17.2. The predicted molar refractivity (Wildman–Crippen MR) is 157 cm³/mol. The molecule has 0 radical (unpaired) electrons. The highest BCUT2D eigenvalue weighted by atomic mass is 32.1. The number of nitrogens with two attached hydrogens (primary N) is 1. The van der Waals surface area contributed by atoms with Crippen LogP contribution in [-0.4, -0.2) is 11.0 Å². The maximum absolute atomic E-state index is 6.50. The summed E-state index contributed by atoms with van der Waals surface area (Å²) in [7, 11) is 0. The molecule has 0 saturated heterocycles. The van der Waals surface area contributed by atoms with Gasteiger partial charge in [0.15, 0.2) is 0 Å². The molecule has 2 heterocycles. The van der Waals surface area contributed by atoms with Gasteiger partial charge in [0.25, 0.3) is 0 Å². The van der Waals surface area contributed by atoms with Crippen molar-refractivity contribution in [1.82, 2.24) is 10.3 Å². The number of hydrogen-bond acceptors (Lipinski definition) is 6. The van der Waals surface area contributed by atoms with E-state index in [4.69, 9.17) is 10.7 Å². The highest BCUT2D eigenvalue weighted by molar-refractivity contribution is 7.26. The summed E-state index contributed by atoms with van der Waals surface area (Å²) in [6, 6.07) is 29.5. The van der Waals surface area contributed by atoms with Crippen molar-refractivity contribution in [2.45, 2.75) is 26.4 Å². The molecule has 182 valence electrons. The Kier molecular flexibility index (Phi) is 6.12. The number of hydrogen-bond donors (Lipinski definition) is 2. The van der Waals surface area contributed by atoms with Crippen molar-refractivity contribution in [1.29, 1.82) is 0 Å². The summed E-state index contributed by atoms with van der Waals surface area (Å²) in [6.45, 7) is 5.01. The number of thiophene rings is 1. The lowest BCUT2D eigenvalue weighted by Crippen LogP contribution is -2.22. The van der Waals surface area contributed by atoms with Gasteiger partial charge < -0.3 is 11.1 Å². The second-order valence-electron chi connectivity index (χ2n) is 9.43. The molecule has 0 aliphatic rings. The maximum atomic E-state index is 6.50. The van der Waals surface area contributed by atoms with Gasteiger partial charge in [-0.1, -0.05) is 74.5 Å². The van der Waals surface area contributed by atoms with Crippen molar-refractivity contribution in [3.63, 3.8) is 0 Å². The van der Waals surface area contributed by atoms with E-state index in [1.54, 1.807) is 17.5 Å². The van der Waals surface area contributed by atoms with Gasteiger partial charge in [0.1, 0.15) is 11.4 Å². The number of pyridine rings is 1. The van der Waals surface area contributed by atoms with Gasteiger partial charge in [-0.05, 0) is 35.2 Å². The predicted octanol–water partition coefficient (Wildman–Crippen LogP) is 8.77. The van der Waals surface area contributed by atoms with Gasteiger partial charge >= 0.3 is 0 Å². The molecule has 37 heavy (non-hydrogen) atoms. The van der Waals surface area contributed by atoms with E-state index in [0.29, 0.717) is 23.1 Å². The van der Waals surface area contributed by atoms with E-state index in [0.717, 1.165) is 34.1 Å². The standard InChI is InChI=1S/C31H27N5S/c1-19(2)33-17-20-16-28(30(32)24-10-4-3-8-22(20)24)36-35-21-14-15-27(34-18-21)26-12-7-11-25-23-9-5-6-13-29(23)37-31(25)26/h3-16,18-19,33H,17,32H2,1-2H3/b36-35+. The van der Waals surface area contributed by atoms with Crippen LogP contribution in [0.4, 0.5) is 17.1 Å². The first-order valence-electron chi connectivity index (χ1n) is 12.4. The van der Waals surface area contributed by atoms with Crippen molar-refractivity contribution in [3.8, 4) is 11.3 Å². The van der Waals surface area contributed by atoms with Crippen LogP contribution in [0, 0.1) is 0 Å². The van der Waals surface area contributed by atoms with Crippen LogP contribution in [0.3, 0.4) is 0 Å². The number of nitrogens with one attached hydrogen (secondary N) is 1. The summed E-state index contributed by atoms with van der Waals surface area (Å²) in [5.41, 5.74) is 11.7. The number of rotatable bonds is 6. The van der Waals surface area contributed by atoms with Gasteiger partial charge in [-0.15, -0.1) is 21.6 Å². The molecule has 0 atom stereocenters. The van der Waals surface area contributed by atoms with Crippen LogP contribution in [0.2, 0.25) is 0 Å². The van der Waals surface area contributed by atoms with Crippen molar-refractivity contribution in [3.05, 3.63) is 96.7 Å². The molecule has 2 aromatic heterocycles. The van der Waals surface area contributed by atoms with E-state index in [2.05, 4.69) is 77.9 Å². The van der Waals surface area contributed by atoms with E-state index in [9.17, 15) is 0 Å². The van der Waals surface area contributed by atoms with Crippen LogP contribution < -0.4 is 11.1 Å². The number of nitrogens with zero attached hydrogens (tertiary/aromatic N) is 3. The lowest BCUT2D eigenvalue weighted by molar-refractivity contribution is 0.591. The number of nitrogen functional groups attached to an aromatic ring is 1. The Morgan fingerprint density at radius 2 is 1.59 bits per heavy atom. The first-order valence-corrected chi connectivity index (χ1v) is 13.2. The number of fused-ring (bicyclic) bond motifs is 4. The normalized spacial score (nSPS) is 12.0. The zero-order valence-electron chi connectivity index (χ0n) is 20.8. The molecular weight excluding hydrogens is 474 g/mol. The van der Waals surface area contributed by atoms with Gasteiger partial charge in [-0.2, -0.15) is 0 Å². The molecule has 0 aliphatic carbocycles. The van der Waals surface area contributed by atoms with Gasteiger partial charge in [0.2, 0.25) is 0 Å². The number of benzene rings is 4. The van der Waals surface area contributed by atoms with Gasteiger partial charge in [0, 0.05) is 43.7 Å². The molecule has 6 heteroatoms. The Labute approximate surface area is 219 Å². The third-order valence-electron chi connectivity index (χ3n) is 6.55. The molecule has 0 saturated carbocycles. The summed E-state index contributed by atoms with van der Waals surface area (Å²) in [4.78, 5) is 4.73. The average Bonchev–Trinajstić information content (AvgIpc) is 3.31. The van der Waals surface area contributed by atoms with E-state index in [1.165, 1.54) is 20.2 Å². The topological polar surface area (TPSA) is 75.7 Å². The smallest absolute Gasteiger partial charge is 0.110 e. The lowest BCUT2D eigenvalue weighted by atomic mass is 10.0. The van der Waals surface area contributed by atoms with Crippen molar-refractivity contribution < 1.29 is 0 Å². The Bertz CT molecular complexity index is 1770. The highest BCUT2D eigenvalue weighted by Crippen LogP contribution is 2.39. The second kappa shape index (κ2) is 9.73. The van der Waals surface area contributed by atoms with Crippen molar-refractivity contribution >= 4 is 59.3 Å². The van der Waals surface area contributed by atoms with Crippen LogP contribution in [0.5, 0.6) is 0 Å². The Morgan fingerprint density at radius 1 is 0.838 bits per heavy atom. The monoisotopic (exact) mass is 501 g/mol. The summed E-state index contributed by atoms with van der Waals surface area (Å²) in [6.07, 6.45) is 1.77. The first-order chi connectivity index (χ1) is 18.1. The minimum atomic E-state index is 0.379. The zero-order chi connectivity index (χ0) is 25.4. The Balaban J connectivity index is 1.33. The summed E-state index contributed by atoms with van der Waals surface area (Å²) in [5.74, 6) is 0. The molecule has 0 aliphatic heterocycles. The number of azo groups is 1. The first kappa shape index (κ1) is 23.3. The van der Waals surface area contributed by atoms with Crippen molar-refractivity contribution in [2.75, 3.05) is 5.73 Å². The Hall–Kier alpha value is -4.13. The van der Waals surface area contributed by atoms with Crippen LogP contribution >= 0.6 is 11.3 Å². The third-order valence-corrected chi connectivity index (χ3v) is 7.77. The van der Waals surface area contributed by atoms with E-state index < -0.39 is 0 Å². The molecule has 0 fully saturated rings. The zero-order valence-corrected chi connectivity index (χ0v) is 21.6. The van der Waals surface area contributed by atoms with Crippen LogP contribution in [0.15, 0.2) is 101 Å². The van der Waals surface area contributed by atoms with E-state index in [-0.39, 0.29) is 0 Å². The van der Waals surface area contributed by atoms with Crippen LogP contribution in [0.1, 0.15) is 19.4 Å². The molecule has 0 bridgehead atoms. The van der Waals surface area contributed by atoms with Gasteiger partial charge in [-0.25, -0.2) is 0 Å². The molecule has 6 rings (SSSR count). The maximum Gasteiger partial charge on any atom is 0.110 e. The molecule has 6 aromatic rings. The highest BCUT2D eigenvalue weighted by Gasteiger charge is 2.12. The number of anilines is 1. The molecule has 0 amide bonds. The Morgan fingerprint density at radius 3 is 2.38 bits per heavy atom. The van der Waals surface area contributed by atoms with Crippen LogP contribution in [0.25, 0.3) is 42.2 Å². The fraction of sp³-hybridized carbons (Fsp3) is 0.129. The third kappa shape index (κ3) is 4.46. The summed E-state index contributed by atoms with van der Waals surface area (Å²) >= 11 is 1.80. The second-order valence-corrected chi connectivity index (χ2v) is 10.5. The average molecular weight is 502 g/mol. The minimum absolute atomic E-state index is 0.379. The largest absolute Gasteiger partial charge is 0.396 e. The molecule has 0 unspecified atom stereocenters. The lowest BCUT2D eigenvalue weighted by Gasteiger charge is -2.13. The molecule has 3 N–H and O–H groups in total. The molecule has 5 nitrogen and oxygen atoms in total. The van der Waals surface area contributed by atoms with Crippen LogP contribution in [-0.2, 0) is 6.54 Å². The SMILES string of the molecule is CC(C)NCc1cc(/N=N/c2ccc(-c3cccc4c3sc3ccccc34)nc2)c(N)c2ccccc12.